The maximum atomic E-state index is 11.4. The van der Waals surface area contributed by atoms with Crippen LogP contribution in [0.5, 0.6) is 5.75 Å². The van der Waals surface area contributed by atoms with Gasteiger partial charge in [-0.3, -0.25) is 14.6 Å². The van der Waals surface area contributed by atoms with Crippen LogP contribution in [-0.2, 0) is 11.3 Å². The first-order chi connectivity index (χ1) is 15.2. The highest BCUT2D eigenvalue weighted by Crippen LogP contribution is 2.26. The van der Waals surface area contributed by atoms with Crippen molar-refractivity contribution in [1.82, 2.24) is 9.80 Å². The second-order valence-electron chi connectivity index (χ2n) is 8.47. The number of benzene rings is 2. The number of halogens is 2. The monoisotopic (exact) mass is 479 g/mol. The lowest BCUT2D eigenvalue weighted by Gasteiger charge is -2.44. The van der Waals surface area contributed by atoms with Crippen LogP contribution in [-0.4, -0.2) is 65.2 Å². The van der Waals surface area contributed by atoms with Crippen molar-refractivity contribution in [3.63, 3.8) is 0 Å². The van der Waals surface area contributed by atoms with E-state index in [4.69, 9.17) is 27.9 Å². The molecular formula is C24H31Cl2N3O3. The van der Waals surface area contributed by atoms with Crippen LogP contribution in [0.15, 0.2) is 42.5 Å². The first-order valence-electron chi connectivity index (χ1n) is 10.8. The zero-order valence-corrected chi connectivity index (χ0v) is 20.2. The zero-order chi connectivity index (χ0) is 23.3. The number of piperazine rings is 1. The Bertz CT molecular complexity index is 927. The van der Waals surface area contributed by atoms with Crippen LogP contribution in [0.3, 0.4) is 0 Å². The number of carbonyl (C=O) groups excluding carboxylic acids is 1. The Labute approximate surface area is 200 Å². The summed E-state index contributed by atoms with van der Waals surface area (Å²) in [6.07, 6.45) is -0.642. The minimum atomic E-state index is -0.642. The Balaban J connectivity index is 1.52. The number of carbonyl (C=O) groups is 1. The largest absolute Gasteiger partial charge is 0.489 e. The highest BCUT2D eigenvalue weighted by atomic mass is 35.5. The third-order valence-electron chi connectivity index (χ3n) is 5.69. The fourth-order valence-electron chi connectivity index (χ4n) is 4.01. The number of nitrogens with one attached hydrogen (secondary N) is 1. The van der Waals surface area contributed by atoms with Crippen molar-refractivity contribution in [3.05, 3.63) is 58.1 Å². The van der Waals surface area contributed by atoms with E-state index in [1.54, 1.807) is 12.1 Å². The minimum Gasteiger partial charge on any atom is -0.489 e. The number of amides is 1. The Hall–Kier alpha value is -1.83. The predicted octanol–water partition coefficient (Wildman–Crippen LogP) is 4.29. The van der Waals surface area contributed by atoms with E-state index in [1.165, 1.54) is 6.92 Å². The summed E-state index contributed by atoms with van der Waals surface area (Å²) in [7, 11) is 0. The molecule has 3 atom stereocenters. The molecule has 2 aromatic rings. The molecule has 0 aromatic heterocycles. The maximum Gasteiger partial charge on any atom is 0.221 e. The van der Waals surface area contributed by atoms with E-state index in [-0.39, 0.29) is 18.6 Å². The van der Waals surface area contributed by atoms with Gasteiger partial charge in [-0.05, 0) is 43.7 Å². The maximum absolute atomic E-state index is 11.4. The highest BCUT2D eigenvalue weighted by molar-refractivity contribution is 6.42. The summed E-state index contributed by atoms with van der Waals surface area (Å²) in [5, 5.41) is 14.5. The normalized spacial score (nSPS) is 20.7. The quantitative estimate of drug-likeness (QED) is 0.591. The lowest BCUT2D eigenvalue weighted by Crippen LogP contribution is -2.57. The Kier molecular flexibility index (Phi) is 8.79. The van der Waals surface area contributed by atoms with E-state index < -0.39 is 6.10 Å². The molecule has 3 unspecified atom stereocenters. The summed E-state index contributed by atoms with van der Waals surface area (Å²) in [6, 6.07) is 13.6. The van der Waals surface area contributed by atoms with Crippen LogP contribution in [0.25, 0.3) is 0 Å². The molecule has 1 fully saturated rings. The summed E-state index contributed by atoms with van der Waals surface area (Å²) in [4.78, 5) is 16.1. The van der Waals surface area contributed by atoms with Crippen molar-refractivity contribution in [3.8, 4) is 5.75 Å². The number of nitrogens with zero attached hydrogens (tertiary/aromatic N) is 2. The molecule has 1 heterocycles. The van der Waals surface area contributed by atoms with Gasteiger partial charge in [-0.1, -0.05) is 41.4 Å². The molecule has 0 aliphatic carbocycles. The van der Waals surface area contributed by atoms with Gasteiger partial charge in [0.05, 0.1) is 15.7 Å². The van der Waals surface area contributed by atoms with E-state index in [0.717, 1.165) is 25.2 Å². The highest BCUT2D eigenvalue weighted by Gasteiger charge is 2.30. The third-order valence-corrected chi connectivity index (χ3v) is 6.43. The summed E-state index contributed by atoms with van der Waals surface area (Å²) in [5.74, 6) is 0.387. The number of rotatable bonds is 8. The summed E-state index contributed by atoms with van der Waals surface area (Å²) >= 11 is 12.2. The van der Waals surface area contributed by atoms with E-state index in [2.05, 4.69) is 29.0 Å². The number of aliphatic hydroxyl groups is 1. The standard InChI is InChI=1S/C24H31Cl2N3O3/c1-16-12-29(17(2)11-28(16)13-19-8-9-21(25)22(26)10-19)14-20(31)15-32-24-7-5-4-6-23(24)27-18(3)30/h4-10,16-17,20,31H,11-15H2,1-3H3,(H,27,30). The van der Waals surface area contributed by atoms with E-state index in [0.29, 0.717) is 34.1 Å². The second kappa shape index (κ2) is 11.3. The van der Waals surface area contributed by atoms with E-state index >= 15 is 0 Å². The molecule has 6 nitrogen and oxygen atoms in total. The Morgan fingerprint density at radius 3 is 2.53 bits per heavy atom. The van der Waals surface area contributed by atoms with Gasteiger partial charge in [0.25, 0.3) is 0 Å². The number of aliphatic hydroxyl groups excluding tert-OH is 1. The number of para-hydroxylation sites is 2. The van der Waals surface area contributed by atoms with Crippen molar-refractivity contribution < 1.29 is 14.6 Å². The Morgan fingerprint density at radius 2 is 1.81 bits per heavy atom. The molecule has 1 saturated heterocycles. The van der Waals surface area contributed by atoms with Gasteiger partial charge in [0.1, 0.15) is 18.5 Å². The van der Waals surface area contributed by atoms with Crippen LogP contribution < -0.4 is 10.1 Å². The van der Waals surface area contributed by atoms with E-state index in [9.17, 15) is 9.90 Å². The molecule has 0 saturated carbocycles. The average Bonchev–Trinajstić information content (AvgIpc) is 2.73. The Morgan fingerprint density at radius 1 is 1.12 bits per heavy atom. The summed E-state index contributed by atoms with van der Waals surface area (Å²) < 4.78 is 5.80. The van der Waals surface area contributed by atoms with Gasteiger partial charge in [-0.2, -0.15) is 0 Å². The number of hydrogen-bond donors (Lipinski definition) is 2. The van der Waals surface area contributed by atoms with Gasteiger partial charge in [0.15, 0.2) is 0 Å². The number of β-amino-alcohol motifs (C(OH)–C–C–N with tert-alkyl or cyclic N) is 1. The van der Waals surface area contributed by atoms with Gasteiger partial charge >= 0.3 is 0 Å². The molecule has 1 aliphatic heterocycles. The van der Waals surface area contributed by atoms with Crippen molar-refractivity contribution >= 4 is 34.8 Å². The SMILES string of the molecule is CC(=O)Nc1ccccc1OCC(O)CN1CC(C)N(Cc2ccc(Cl)c(Cl)c2)CC1C. The molecule has 0 spiro atoms. The fourth-order valence-corrected chi connectivity index (χ4v) is 4.33. The molecule has 8 heteroatoms. The molecule has 2 N–H and O–H groups in total. The lowest BCUT2D eigenvalue weighted by atomic mass is 10.1. The molecule has 1 amide bonds. The molecule has 0 bridgehead atoms. The molecule has 32 heavy (non-hydrogen) atoms. The topological polar surface area (TPSA) is 65.0 Å². The van der Waals surface area contributed by atoms with Crippen LogP contribution in [0.4, 0.5) is 5.69 Å². The smallest absolute Gasteiger partial charge is 0.221 e. The average molecular weight is 480 g/mol. The third kappa shape index (κ3) is 6.83. The van der Waals surface area contributed by atoms with Crippen LogP contribution >= 0.6 is 23.2 Å². The second-order valence-corrected chi connectivity index (χ2v) is 9.29. The van der Waals surface area contributed by atoms with Crippen molar-refractivity contribution in [1.29, 1.82) is 0 Å². The molecule has 3 rings (SSSR count). The number of ether oxygens (including phenoxy) is 1. The minimum absolute atomic E-state index is 0.154. The van der Waals surface area contributed by atoms with Gasteiger partial charge in [0.2, 0.25) is 5.91 Å². The molecule has 2 aromatic carbocycles. The zero-order valence-electron chi connectivity index (χ0n) is 18.7. The lowest BCUT2D eigenvalue weighted by molar-refractivity contribution is -0.114. The van der Waals surface area contributed by atoms with E-state index in [1.807, 2.05) is 30.3 Å². The summed E-state index contributed by atoms with van der Waals surface area (Å²) in [6.45, 7) is 9.05. The van der Waals surface area contributed by atoms with Crippen LogP contribution in [0.2, 0.25) is 10.0 Å². The first kappa shape index (κ1) is 24.8. The van der Waals surface area contributed by atoms with Crippen LogP contribution in [0, 0.1) is 0 Å². The molecule has 1 aliphatic rings. The van der Waals surface area contributed by atoms with Crippen molar-refractivity contribution in [2.75, 3.05) is 31.6 Å². The molecular weight excluding hydrogens is 449 g/mol. The van der Waals surface area contributed by atoms with Crippen molar-refractivity contribution in [2.24, 2.45) is 0 Å². The van der Waals surface area contributed by atoms with Crippen LogP contribution in [0.1, 0.15) is 26.3 Å². The van der Waals surface area contributed by atoms with Gasteiger partial charge in [-0.25, -0.2) is 0 Å². The van der Waals surface area contributed by atoms with Gasteiger partial charge < -0.3 is 15.2 Å². The first-order valence-corrected chi connectivity index (χ1v) is 11.6. The van der Waals surface area contributed by atoms with Gasteiger partial charge in [-0.15, -0.1) is 0 Å². The van der Waals surface area contributed by atoms with Crippen molar-refractivity contribution in [2.45, 2.75) is 45.5 Å². The molecule has 0 radical (unpaired) electrons. The number of hydrogen-bond acceptors (Lipinski definition) is 5. The number of anilines is 1. The predicted molar refractivity (Wildman–Crippen MR) is 130 cm³/mol. The fraction of sp³-hybridized carbons (Fsp3) is 0.458. The van der Waals surface area contributed by atoms with Gasteiger partial charge in [0, 0.05) is 45.2 Å². The molecule has 174 valence electrons. The summed E-state index contributed by atoms with van der Waals surface area (Å²) in [5.41, 5.74) is 1.74.